The van der Waals surface area contributed by atoms with Crippen molar-refractivity contribution in [2.24, 2.45) is 0 Å². The third-order valence-electron chi connectivity index (χ3n) is 4.83. The molecule has 0 bridgehead atoms. The summed E-state index contributed by atoms with van der Waals surface area (Å²) in [6.07, 6.45) is 3.63. The fraction of sp³-hybridized carbons (Fsp3) is 0.0833. The zero-order valence-corrected chi connectivity index (χ0v) is 17.4. The molecule has 4 rings (SSSR count). The van der Waals surface area contributed by atoms with E-state index in [9.17, 15) is 14.4 Å². The standard InChI is InChI=1S/C24H19N3O5/c1-31-23(29)17-10-18(24(30)32-2)12-19(11-17)25-22(28)16-8-9-27-14-20(26-21(27)13-16)15-6-4-3-5-7-15/h3-14H,1-2H3,(H,25,28). The smallest absolute Gasteiger partial charge is 0.337 e. The predicted octanol–water partition coefficient (Wildman–Crippen LogP) is 3.83. The molecule has 0 saturated heterocycles. The first kappa shape index (κ1) is 20.8. The van der Waals surface area contributed by atoms with Gasteiger partial charge in [0.25, 0.3) is 5.91 Å². The lowest BCUT2D eigenvalue weighted by atomic mass is 10.1. The van der Waals surface area contributed by atoms with Crippen LogP contribution in [0.15, 0.2) is 73.1 Å². The van der Waals surface area contributed by atoms with Gasteiger partial charge in [-0.15, -0.1) is 0 Å². The number of anilines is 1. The minimum atomic E-state index is -0.640. The molecule has 0 atom stereocenters. The maximum absolute atomic E-state index is 12.9. The Morgan fingerprint density at radius 3 is 2.12 bits per heavy atom. The van der Waals surface area contributed by atoms with Gasteiger partial charge in [0.1, 0.15) is 5.65 Å². The molecule has 0 aliphatic heterocycles. The molecule has 0 saturated carbocycles. The molecule has 160 valence electrons. The summed E-state index contributed by atoms with van der Waals surface area (Å²) >= 11 is 0. The van der Waals surface area contributed by atoms with E-state index in [0.717, 1.165) is 11.3 Å². The average molecular weight is 429 g/mol. The fourth-order valence-electron chi connectivity index (χ4n) is 3.25. The number of methoxy groups -OCH3 is 2. The van der Waals surface area contributed by atoms with Crippen molar-refractivity contribution in [1.82, 2.24) is 9.38 Å². The zero-order valence-electron chi connectivity index (χ0n) is 17.4. The summed E-state index contributed by atoms with van der Waals surface area (Å²) in [6.45, 7) is 0. The number of carbonyl (C=O) groups excluding carboxylic acids is 3. The third-order valence-corrected chi connectivity index (χ3v) is 4.83. The molecule has 8 heteroatoms. The molecule has 2 heterocycles. The van der Waals surface area contributed by atoms with Crippen molar-refractivity contribution in [3.05, 3.63) is 89.7 Å². The molecule has 8 nitrogen and oxygen atoms in total. The minimum absolute atomic E-state index is 0.113. The monoisotopic (exact) mass is 429 g/mol. The number of nitrogens with zero attached hydrogens (tertiary/aromatic N) is 2. The lowest BCUT2D eigenvalue weighted by Crippen LogP contribution is -2.14. The van der Waals surface area contributed by atoms with Crippen LogP contribution in [0.4, 0.5) is 5.69 Å². The van der Waals surface area contributed by atoms with Gasteiger partial charge in [0.05, 0.1) is 31.0 Å². The number of benzene rings is 2. The molecule has 4 aromatic rings. The summed E-state index contributed by atoms with van der Waals surface area (Å²) in [4.78, 5) is 41.4. The Hall–Kier alpha value is -4.46. The lowest BCUT2D eigenvalue weighted by Gasteiger charge is -2.10. The fourth-order valence-corrected chi connectivity index (χ4v) is 3.25. The number of ether oxygens (including phenoxy) is 2. The van der Waals surface area contributed by atoms with Gasteiger partial charge in [-0.25, -0.2) is 14.6 Å². The molecule has 1 N–H and O–H groups in total. The summed E-state index contributed by atoms with van der Waals surface area (Å²) in [5.41, 5.74) is 3.21. The van der Waals surface area contributed by atoms with E-state index in [0.29, 0.717) is 11.2 Å². The van der Waals surface area contributed by atoms with Crippen LogP contribution >= 0.6 is 0 Å². The number of hydrogen-bond donors (Lipinski definition) is 1. The van der Waals surface area contributed by atoms with E-state index in [1.807, 2.05) is 40.9 Å². The molecule has 0 spiro atoms. The van der Waals surface area contributed by atoms with Crippen molar-refractivity contribution in [2.45, 2.75) is 0 Å². The largest absolute Gasteiger partial charge is 0.465 e. The first-order chi connectivity index (χ1) is 15.5. The second-order valence-corrected chi connectivity index (χ2v) is 6.91. The number of amides is 1. The highest BCUT2D eigenvalue weighted by atomic mass is 16.5. The van der Waals surface area contributed by atoms with E-state index in [4.69, 9.17) is 9.47 Å². The molecule has 2 aromatic carbocycles. The highest BCUT2D eigenvalue weighted by molar-refractivity contribution is 6.06. The predicted molar refractivity (Wildman–Crippen MR) is 118 cm³/mol. The third kappa shape index (κ3) is 4.20. The number of hydrogen-bond acceptors (Lipinski definition) is 6. The van der Waals surface area contributed by atoms with Crippen molar-refractivity contribution in [2.75, 3.05) is 19.5 Å². The Labute approximate surface area is 183 Å². The van der Waals surface area contributed by atoms with E-state index in [1.165, 1.54) is 32.4 Å². The van der Waals surface area contributed by atoms with Crippen LogP contribution in [0, 0.1) is 0 Å². The van der Waals surface area contributed by atoms with E-state index < -0.39 is 17.8 Å². The van der Waals surface area contributed by atoms with Crippen LogP contribution in [0.25, 0.3) is 16.9 Å². The first-order valence-corrected chi connectivity index (χ1v) is 9.66. The zero-order chi connectivity index (χ0) is 22.7. The molecule has 0 radical (unpaired) electrons. The Morgan fingerprint density at radius 2 is 1.50 bits per heavy atom. The topological polar surface area (TPSA) is 99.0 Å². The number of fused-ring (bicyclic) bond motifs is 1. The average Bonchev–Trinajstić information content (AvgIpc) is 3.26. The Balaban J connectivity index is 1.63. The van der Waals surface area contributed by atoms with Gasteiger partial charge in [-0.2, -0.15) is 0 Å². The highest BCUT2D eigenvalue weighted by Gasteiger charge is 2.16. The summed E-state index contributed by atoms with van der Waals surface area (Å²) in [6, 6.07) is 17.2. The Kier molecular flexibility index (Phi) is 5.67. The maximum Gasteiger partial charge on any atom is 0.337 e. The van der Waals surface area contributed by atoms with Gasteiger partial charge < -0.3 is 19.2 Å². The number of rotatable bonds is 5. The molecule has 0 fully saturated rings. The first-order valence-electron chi connectivity index (χ1n) is 9.66. The normalized spacial score (nSPS) is 10.6. The summed E-state index contributed by atoms with van der Waals surface area (Å²) in [5, 5.41) is 2.71. The minimum Gasteiger partial charge on any atom is -0.465 e. The van der Waals surface area contributed by atoms with Gasteiger partial charge in [0.2, 0.25) is 0 Å². The number of aromatic nitrogens is 2. The maximum atomic E-state index is 12.9. The Morgan fingerprint density at radius 1 is 0.844 bits per heavy atom. The van der Waals surface area contributed by atoms with Crippen LogP contribution in [-0.2, 0) is 9.47 Å². The second kappa shape index (κ2) is 8.73. The molecular formula is C24H19N3O5. The SMILES string of the molecule is COC(=O)c1cc(NC(=O)c2ccn3cc(-c4ccccc4)nc3c2)cc(C(=O)OC)c1. The van der Waals surface area contributed by atoms with Crippen molar-refractivity contribution in [3.8, 4) is 11.3 Å². The lowest BCUT2D eigenvalue weighted by molar-refractivity contribution is 0.0599. The van der Waals surface area contributed by atoms with Gasteiger partial charge in [-0.3, -0.25) is 4.79 Å². The van der Waals surface area contributed by atoms with Crippen LogP contribution in [0.5, 0.6) is 0 Å². The molecule has 0 aliphatic rings. The van der Waals surface area contributed by atoms with Crippen molar-refractivity contribution in [3.63, 3.8) is 0 Å². The molecule has 1 amide bonds. The molecule has 0 unspecified atom stereocenters. The van der Waals surface area contributed by atoms with E-state index >= 15 is 0 Å². The molecule has 0 aliphatic carbocycles. The molecule has 2 aromatic heterocycles. The van der Waals surface area contributed by atoms with Crippen LogP contribution in [-0.4, -0.2) is 41.5 Å². The number of pyridine rings is 1. The number of imidazole rings is 1. The van der Waals surface area contributed by atoms with E-state index in [-0.39, 0.29) is 16.8 Å². The van der Waals surface area contributed by atoms with Gasteiger partial charge >= 0.3 is 11.9 Å². The van der Waals surface area contributed by atoms with Crippen LogP contribution in [0.1, 0.15) is 31.1 Å². The Bertz CT molecular complexity index is 1290. The summed E-state index contributed by atoms with van der Waals surface area (Å²) in [7, 11) is 2.46. The van der Waals surface area contributed by atoms with Crippen LogP contribution < -0.4 is 5.32 Å². The van der Waals surface area contributed by atoms with Gasteiger partial charge in [-0.1, -0.05) is 30.3 Å². The number of carbonyl (C=O) groups is 3. The van der Waals surface area contributed by atoms with Crippen molar-refractivity contribution in [1.29, 1.82) is 0 Å². The quantitative estimate of drug-likeness (QED) is 0.484. The van der Waals surface area contributed by atoms with E-state index in [1.54, 1.807) is 18.3 Å². The second-order valence-electron chi connectivity index (χ2n) is 6.91. The number of esters is 2. The summed E-state index contributed by atoms with van der Waals surface area (Å²) < 4.78 is 11.3. The van der Waals surface area contributed by atoms with Crippen LogP contribution in [0.3, 0.4) is 0 Å². The molecular weight excluding hydrogens is 410 g/mol. The highest BCUT2D eigenvalue weighted by Crippen LogP contribution is 2.21. The van der Waals surface area contributed by atoms with Crippen molar-refractivity contribution < 1.29 is 23.9 Å². The van der Waals surface area contributed by atoms with Gasteiger partial charge in [0, 0.05) is 29.2 Å². The van der Waals surface area contributed by atoms with Crippen molar-refractivity contribution >= 4 is 29.2 Å². The van der Waals surface area contributed by atoms with Gasteiger partial charge in [-0.05, 0) is 30.3 Å². The van der Waals surface area contributed by atoms with Gasteiger partial charge in [0.15, 0.2) is 0 Å². The van der Waals surface area contributed by atoms with Crippen LogP contribution in [0.2, 0.25) is 0 Å². The number of nitrogens with one attached hydrogen (secondary N) is 1. The van der Waals surface area contributed by atoms with E-state index in [2.05, 4.69) is 10.3 Å². The summed E-state index contributed by atoms with van der Waals surface area (Å²) in [5.74, 6) is -1.70. The molecule has 32 heavy (non-hydrogen) atoms.